The predicted molar refractivity (Wildman–Crippen MR) is 102 cm³/mol. The van der Waals surface area contributed by atoms with E-state index in [-0.39, 0.29) is 5.56 Å². The number of ether oxygens (including phenoxy) is 2. The molecular formula is C19H22F2N2O5S. The quantitative estimate of drug-likeness (QED) is 0.599. The summed E-state index contributed by atoms with van der Waals surface area (Å²) in [6, 6.07) is 6.28. The summed E-state index contributed by atoms with van der Waals surface area (Å²) in [5, 5.41) is 0. The topological polar surface area (TPSA) is 93.7 Å². The Morgan fingerprint density at radius 1 is 1.10 bits per heavy atom. The number of amides is 1. The second kappa shape index (κ2) is 9.66. The Bertz CT molecular complexity index is 981. The molecule has 0 heterocycles. The molecule has 0 atom stereocenters. The maximum Gasteiger partial charge on any atom is 0.266 e. The molecule has 0 unspecified atom stereocenters. The molecule has 2 aromatic rings. The molecule has 0 saturated heterocycles. The van der Waals surface area contributed by atoms with Crippen LogP contribution in [0.4, 0.5) is 8.78 Å². The van der Waals surface area contributed by atoms with Gasteiger partial charge in [0, 0.05) is 5.56 Å². The van der Waals surface area contributed by atoms with E-state index in [1.165, 1.54) is 25.3 Å². The minimum Gasteiger partial charge on any atom is -0.493 e. The SMILES string of the molecule is COc1cc(C(=O)NNS(=O)(=O)c2cc(F)ccc2F)ccc1OCCC(C)C. The van der Waals surface area contributed by atoms with Gasteiger partial charge in [0.2, 0.25) is 0 Å². The van der Waals surface area contributed by atoms with Crippen LogP contribution in [0.2, 0.25) is 0 Å². The molecule has 0 spiro atoms. The molecule has 2 aromatic carbocycles. The number of halogens is 2. The lowest BCUT2D eigenvalue weighted by Gasteiger charge is -2.13. The highest BCUT2D eigenvalue weighted by Crippen LogP contribution is 2.28. The molecular weight excluding hydrogens is 406 g/mol. The lowest BCUT2D eigenvalue weighted by molar-refractivity contribution is 0.0944. The van der Waals surface area contributed by atoms with Crippen LogP contribution in [0, 0.1) is 17.6 Å². The highest BCUT2D eigenvalue weighted by molar-refractivity contribution is 7.89. The van der Waals surface area contributed by atoms with Gasteiger partial charge >= 0.3 is 0 Å². The number of sulfonamides is 1. The van der Waals surface area contributed by atoms with Crippen molar-refractivity contribution in [1.29, 1.82) is 0 Å². The zero-order valence-corrected chi connectivity index (χ0v) is 17.0. The Hall–Kier alpha value is -2.72. The number of methoxy groups -OCH3 is 1. The van der Waals surface area contributed by atoms with Crippen molar-refractivity contribution in [3.05, 3.63) is 53.6 Å². The number of hydrogen-bond acceptors (Lipinski definition) is 5. The average Bonchev–Trinajstić information content (AvgIpc) is 2.67. The first-order valence-corrected chi connectivity index (χ1v) is 10.2. The van der Waals surface area contributed by atoms with E-state index in [1.807, 2.05) is 5.43 Å². The fraction of sp³-hybridized carbons (Fsp3) is 0.316. The minimum atomic E-state index is -4.51. The van der Waals surface area contributed by atoms with Crippen LogP contribution in [0.3, 0.4) is 0 Å². The van der Waals surface area contributed by atoms with Gasteiger partial charge in [-0.2, -0.15) is 0 Å². The van der Waals surface area contributed by atoms with Crippen molar-refractivity contribution in [2.24, 2.45) is 5.92 Å². The molecule has 0 aliphatic heterocycles. The molecule has 2 rings (SSSR count). The van der Waals surface area contributed by atoms with Crippen molar-refractivity contribution < 1.29 is 31.5 Å². The van der Waals surface area contributed by atoms with Crippen LogP contribution in [-0.2, 0) is 10.0 Å². The third-order valence-electron chi connectivity index (χ3n) is 3.86. The van der Waals surface area contributed by atoms with Crippen LogP contribution in [0.1, 0.15) is 30.6 Å². The zero-order valence-electron chi connectivity index (χ0n) is 16.2. The second-order valence-corrected chi connectivity index (χ2v) is 8.18. The number of hydrogen-bond donors (Lipinski definition) is 2. The third kappa shape index (κ3) is 6.13. The largest absolute Gasteiger partial charge is 0.493 e. The Kier molecular flexibility index (Phi) is 7.52. The number of benzene rings is 2. The lowest BCUT2D eigenvalue weighted by atomic mass is 10.1. The monoisotopic (exact) mass is 428 g/mol. The molecule has 7 nitrogen and oxygen atoms in total. The van der Waals surface area contributed by atoms with Gasteiger partial charge in [-0.1, -0.05) is 13.8 Å². The molecule has 0 saturated carbocycles. The molecule has 0 aliphatic rings. The Morgan fingerprint density at radius 2 is 1.83 bits per heavy atom. The van der Waals surface area contributed by atoms with Gasteiger partial charge in [0.15, 0.2) is 11.5 Å². The molecule has 10 heteroatoms. The Morgan fingerprint density at radius 3 is 2.48 bits per heavy atom. The van der Waals surface area contributed by atoms with Crippen molar-refractivity contribution in [3.8, 4) is 11.5 Å². The normalized spacial score (nSPS) is 11.4. The van der Waals surface area contributed by atoms with Crippen molar-refractivity contribution in [3.63, 3.8) is 0 Å². The van der Waals surface area contributed by atoms with Gasteiger partial charge in [0.05, 0.1) is 13.7 Å². The number of nitrogens with one attached hydrogen (secondary N) is 2. The van der Waals surface area contributed by atoms with Gasteiger partial charge in [-0.05, 0) is 48.7 Å². The summed E-state index contributed by atoms with van der Waals surface area (Å²) in [7, 11) is -3.11. The third-order valence-corrected chi connectivity index (χ3v) is 5.12. The fourth-order valence-corrected chi connectivity index (χ4v) is 3.19. The lowest BCUT2D eigenvalue weighted by Crippen LogP contribution is -2.41. The van der Waals surface area contributed by atoms with E-state index in [0.717, 1.165) is 12.5 Å². The van der Waals surface area contributed by atoms with E-state index in [1.54, 1.807) is 4.83 Å². The summed E-state index contributed by atoms with van der Waals surface area (Å²) in [5.74, 6) is -1.72. The van der Waals surface area contributed by atoms with Crippen molar-refractivity contribution >= 4 is 15.9 Å². The van der Waals surface area contributed by atoms with Crippen molar-refractivity contribution in [2.75, 3.05) is 13.7 Å². The summed E-state index contributed by atoms with van der Waals surface area (Å²) in [5.41, 5.74) is 2.02. The molecule has 158 valence electrons. The number of carbonyl (C=O) groups is 1. The smallest absolute Gasteiger partial charge is 0.266 e. The molecule has 0 fully saturated rings. The first kappa shape index (κ1) is 22.6. The molecule has 29 heavy (non-hydrogen) atoms. The van der Waals surface area contributed by atoms with Gasteiger partial charge in [0.25, 0.3) is 15.9 Å². The summed E-state index contributed by atoms with van der Waals surface area (Å²) in [6.07, 6.45) is 0.837. The maximum absolute atomic E-state index is 13.7. The van der Waals surface area contributed by atoms with Gasteiger partial charge in [-0.25, -0.2) is 17.2 Å². The summed E-state index contributed by atoms with van der Waals surface area (Å²) in [6.45, 7) is 4.59. The predicted octanol–water partition coefficient (Wildman–Crippen LogP) is 3.02. The van der Waals surface area contributed by atoms with Crippen LogP contribution in [-0.4, -0.2) is 28.0 Å². The van der Waals surface area contributed by atoms with Crippen LogP contribution >= 0.6 is 0 Å². The molecule has 2 N–H and O–H groups in total. The zero-order chi connectivity index (χ0) is 21.6. The average molecular weight is 428 g/mol. The van der Waals surface area contributed by atoms with E-state index in [2.05, 4.69) is 13.8 Å². The molecule has 0 bridgehead atoms. The Labute approximate surface area is 168 Å². The Balaban J connectivity index is 2.09. The van der Waals surface area contributed by atoms with Crippen molar-refractivity contribution in [2.45, 2.75) is 25.2 Å². The second-order valence-electron chi connectivity index (χ2n) is 6.53. The number of carbonyl (C=O) groups excluding carboxylic acids is 1. The van der Waals surface area contributed by atoms with Crippen LogP contribution in [0.15, 0.2) is 41.3 Å². The van der Waals surface area contributed by atoms with E-state index in [4.69, 9.17) is 9.47 Å². The van der Waals surface area contributed by atoms with Crippen LogP contribution in [0.5, 0.6) is 11.5 Å². The number of hydrazine groups is 1. The van der Waals surface area contributed by atoms with Crippen LogP contribution in [0.25, 0.3) is 0 Å². The maximum atomic E-state index is 13.7. The summed E-state index contributed by atoms with van der Waals surface area (Å²) < 4.78 is 62.0. The molecule has 0 radical (unpaired) electrons. The van der Waals surface area contributed by atoms with E-state index in [9.17, 15) is 22.0 Å². The molecule has 1 amide bonds. The first-order valence-electron chi connectivity index (χ1n) is 8.72. The first-order chi connectivity index (χ1) is 13.6. The molecule has 0 aromatic heterocycles. The van der Waals surface area contributed by atoms with Gasteiger partial charge < -0.3 is 9.47 Å². The number of rotatable bonds is 9. The highest BCUT2D eigenvalue weighted by atomic mass is 32.2. The summed E-state index contributed by atoms with van der Waals surface area (Å²) >= 11 is 0. The van der Waals surface area contributed by atoms with Gasteiger partial charge in [-0.3, -0.25) is 10.2 Å². The molecule has 0 aliphatic carbocycles. The fourth-order valence-electron chi connectivity index (χ4n) is 2.26. The highest BCUT2D eigenvalue weighted by Gasteiger charge is 2.21. The van der Waals surface area contributed by atoms with Crippen LogP contribution < -0.4 is 19.7 Å². The standard InChI is InChI=1S/C19H22F2N2O5S/c1-12(2)8-9-28-16-7-4-13(10-17(16)27-3)19(24)22-23-29(25,26)18-11-14(20)5-6-15(18)21/h4-7,10-12,23H,8-9H2,1-3H3,(H,22,24). The van der Waals surface area contributed by atoms with Gasteiger partial charge in [-0.15, -0.1) is 4.83 Å². The van der Waals surface area contributed by atoms with E-state index in [0.29, 0.717) is 36.2 Å². The minimum absolute atomic E-state index is 0.0699. The van der Waals surface area contributed by atoms with Gasteiger partial charge in [0.1, 0.15) is 16.5 Å². The van der Waals surface area contributed by atoms with E-state index >= 15 is 0 Å². The van der Waals surface area contributed by atoms with Crippen molar-refractivity contribution in [1.82, 2.24) is 10.3 Å². The van der Waals surface area contributed by atoms with E-state index < -0.39 is 32.5 Å². The summed E-state index contributed by atoms with van der Waals surface area (Å²) in [4.78, 5) is 13.1.